The van der Waals surface area contributed by atoms with Crippen LogP contribution in [0, 0.1) is 0 Å². The number of para-hydroxylation sites is 1. The first-order valence-corrected chi connectivity index (χ1v) is 11.3. The lowest BCUT2D eigenvalue weighted by Gasteiger charge is -2.25. The first-order valence-electron chi connectivity index (χ1n) is 9.90. The molecule has 0 fully saturated rings. The summed E-state index contributed by atoms with van der Waals surface area (Å²) in [6.07, 6.45) is 2.73. The van der Waals surface area contributed by atoms with Gasteiger partial charge >= 0.3 is 0 Å². The van der Waals surface area contributed by atoms with E-state index in [1.165, 1.54) is 11.8 Å². The number of thioether (sulfide) groups is 1. The molecule has 0 saturated carbocycles. The summed E-state index contributed by atoms with van der Waals surface area (Å²) >= 11 is 7.49. The van der Waals surface area contributed by atoms with E-state index in [4.69, 9.17) is 16.3 Å². The number of halogens is 1. The minimum Gasteiger partial charge on any atom is -0.496 e. The Hall–Kier alpha value is -2.90. The van der Waals surface area contributed by atoms with Gasteiger partial charge in [-0.2, -0.15) is 9.50 Å². The van der Waals surface area contributed by atoms with Crippen molar-refractivity contribution in [3.8, 4) is 5.75 Å². The van der Waals surface area contributed by atoms with Gasteiger partial charge < -0.3 is 4.74 Å². The van der Waals surface area contributed by atoms with E-state index in [1.54, 1.807) is 17.8 Å². The predicted octanol–water partition coefficient (Wildman–Crippen LogP) is 4.99. The first-order chi connectivity index (χ1) is 15.1. The number of hydrogen-bond acceptors (Lipinski definition) is 6. The lowest BCUT2D eigenvalue weighted by Crippen LogP contribution is -2.22. The standard InChI is InChI=1S/C23H19ClN4O2S/c1-30-21-5-3-2-4-17(21)15-10-19-18(20(29)11-15)12-25-22-26-23(27-28(19)22)31-13-14-6-8-16(24)9-7-14/h2-9,12,15H,10-11,13H2,1H3. The fourth-order valence-electron chi connectivity index (χ4n) is 3.94. The molecule has 8 heteroatoms. The first kappa shape index (κ1) is 20.0. The maximum absolute atomic E-state index is 12.9. The summed E-state index contributed by atoms with van der Waals surface area (Å²) in [6.45, 7) is 0. The third kappa shape index (κ3) is 3.91. The average Bonchev–Trinajstić information content (AvgIpc) is 3.22. The number of fused-ring (bicyclic) bond motifs is 3. The Morgan fingerprint density at radius 3 is 2.77 bits per heavy atom. The minimum atomic E-state index is 0.0242. The molecule has 2 aromatic carbocycles. The van der Waals surface area contributed by atoms with Crippen LogP contribution in [0.1, 0.15) is 39.5 Å². The van der Waals surface area contributed by atoms with Crippen LogP contribution in [-0.2, 0) is 12.2 Å². The van der Waals surface area contributed by atoms with E-state index >= 15 is 0 Å². The number of nitrogens with zero attached hydrogens (tertiary/aromatic N) is 4. The van der Waals surface area contributed by atoms with Gasteiger partial charge in [0.15, 0.2) is 5.78 Å². The van der Waals surface area contributed by atoms with Crippen LogP contribution in [0.15, 0.2) is 59.9 Å². The summed E-state index contributed by atoms with van der Waals surface area (Å²) in [5.41, 5.74) is 3.64. The number of ketones is 1. The second-order valence-corrected chi connectivity index (χ2v) is 8.79. The highest BCUT2D eigenvalue weighted by atomic mass is 35.5. The molecule has 1 atom stereocenters. The number of methoxy groups -OCH3 is 1. The highest BCUT2D eigenvalue weighted by molar-refractivity contribution is 7.98. The van der Waals surface area contributed by atoms with Gasteiger partial charge in [0, 0.05) is 29.3 Å². The molecule has 1 unspecified atom stereocenters. The highest BCUT2D eigenvalue weighted by Crippen LogP contribution is 2.37. The maximum Gasteiger partial charge on any atom is 0.253 e. The second kappa shape index (κ2) is 8.32. The van der Waals surface area contributed by atoms with Crippen LogP contribution in [-0.4, -0.2) is 32.5 Å². The normalized spacial score (nSPS) is 15.8. The molecule has 31 heavy (non-hydrogen) atoms. The van der Waals surface area contributed by atoms with E-state index in [9.17, 15) is 4.79 Å². The topological polar surface area (TPSA) is 69.4 Å². The van der Waals surface area contributed by atoms with Crippen molar-refractivity contribution in [2.24, 2.45) is 0 Å². The predicted molar refractivity (Wildman–Crippen MR) is 120 cm³/mol. The van der Waals surface area contributed by atoms with Gasteiger partial charge in [-0.25, -0.2) is 4.98 Å². The van der Waals surface area contributed by atoms with Crippen molar-refractivity contribution in [1.82, 2.24) is 19.6 Å². The third-order valence-electron chi connectivity index (χ3n) is 5.48. The number of ether oxygens (including phenoxy) is 1. The van der Waals surface area contributed by atoms with E-state index in [0.717, 1.165) is 28.3 Å². The van der Waals surface area contributed by atoms with Crippen LogP contribution in [0.4, 0.5) is 0 Å². The zero-order valence-electron chi connectivity index (χ0n) is 16.8. The van der Waals surface area contributed by atoms with Gasteiger partial charge in [-0.3, -0.25) is 4.79 Å². The van der Waals surface area contributed by atoms with E-state index in [1.807, 2.05) is 48.5 Å². The molecule has 5 rings (SSSR count). The van der Waals surface area contributed by atoms with Crippen molar-refractivity contribution in [3.05, 3.63) is 82.1 Å². The molecule has 1 aliphatic carbocycles. The summed E-state index contributed by atoms with van der Waals surface area (Å²) in [5.74, 6) is 2.12. The van der Waals surface area contributed by atoms with Gasteiger partial charge in [-0.05, 0) is 35.7 Å². The average molecular weight is 451 g/mol. The van der Waals surface area contributed by atoms with Crippen LogP contribution in [0.3, 0.4) is 0 Å². The van der Waals surface area contributed by atoms with Crippen molar-refractivity contribution in [1.29, 1.82) is 0 Å². The van der Waals surface area contributed by atoms with Gasteiger partial charge in [-0.15, -0.1) is 5.10 Å². The number of benzene rings is 2. The Labute approximate surface area is 188 Å². The van der Waals surface area contributed by atoms with Gasteiger partial charge in [0.1, 0.15) is 5.75 Å². The Morgan fingerprint density at radius 1 is 1.16 bits per heavy atom. The van der Waals surface area contributed by atoms with Gasteiger partial charge in [0.05, 0.1) is 18.4 Å². The second-order valence-electron chi connectivity index (χ2n) is 7.41. The zero-order chi connectivity index (χ0) is 21.4. The summed E-state index contributed by atoms with van der Waals surface area (Å²) in [7, 11) is 1.65. The molecule has 2 heterocycles. The molecule has 6 nitrogen and oxygen atoms in total. The minimum absolute atomic E-state index is 0.0242. The molecular weight excluding hydrogens is 432 g/mol. The molecule has 0 saturated heterocycles. The van der Waals surface area contributed by atoms with Crippen molar-refractivity contribution in [3.63, 3.8) is 0 Å². The molecular formula is C23H19ClN4O2S. The Balaban J connectivity index is 1.46. The summed E-state index contributed by atoms with van der Waals surface area (Å²) in [4.78, 5) is 21.8. The number of hydrogen-bond donors (Lipinski definition) is 0. The van der Waals surface area contributed by atoms with Gasteiger partial charge in [0.25, 0.3) is 5.78 Å². The number of carbonyl (C=O) groups excluding carboxylic acids is 1. The molecule has 4 aromatic rings. The number of Topliss-reactive ketones (excluding diaryl/α,β-unsaturated/α-hetero) is 1. The smallest absolute Gasteiger partial charge is 0.253 e. The Bertz CT molecular complexity index is 1270. The number of rotatable bonds is 5. The van der Waals surface area contributed by atoms with Crippen LogP contribution in [0.2, 0.25) is 5.02 Å². The molecule has 0 spiro atoms. The van der Waals surface area contributed by atoms with Crippen molar-refractivity contribution in [2.75, 3.05) is 7.11 Å². The fraction of sp³-hybridized carbons (Fsp3) is 0.217. The van der Waals surface area contributed by atoms with E-state index in [-0.39, 0.29) is 11.7 Å². The van der Waals surface area contributed by atoms with E-state index in [0.29, 0.717) is 34.4 Å². The van der Waals surface area contributed by atoms with Crippen molar-refractivity contribution >= 4 is 34.9 Å². The molecule has 1 aliphatic rings. The van der Waals surface area contributed by atoms with Crippen LogP contribution < -0.4 is 4.74 Å². The van der Waals surface area contributed by atoms with E-state index in [2.05, 4.69) is 15.1 Å². The lowest BCUT2D eigenvalue weighted by molar-refractivity contribution is 0.0961. The van der Waals surface area contributed by atoms with Crippen molar-refractivity contribution < 1.29 is 9.53 Å². The third-order valence-corrected chi connectivity index (χ3v) is 6.64. The number of aromatic nitrogens is 4. The molecule has 0 amide bonds. The molecule has 0 radical (unpaired) electrons. The molecule has 0 bridgehead atoms. The molecule has 2 aromatic heterocycles. The van der Waals surface area contributed by atoms with Crippen LogP contribution in [0.25, 0.3) is 5.78 Å². The molecule has 0 N–H and O–H groups in total. The quantitative estimate of drug-likeness (QED) is 0.399. The maximum atomic E-state index is 12.9. The summed E-state index contributed by atoms with van der Waals surface area (Å²) < 4.78 is 7.25. The Morgan fingerprint density at radius 2 is 1.97 bits per heavy atom. The molecule has 156 valence electrons. The SMILES string of the molecule is COc1ccccc1C1CC(=O)c2cnc3nc(SCc4ccc(Cl)cc4)nn3c2C1. The summed E-state index contributed by atoms with van der Waals surface area (Å²) in [6, 6.07) is 15.6. The van der Waals surface area contributed by atoms with E-state index < -0.39 is 0 Å². The zero-order valence-corrected chi connectivity index (χ0v) is 18.4. The van der Waals surface area contributed by atoms with Gasteiger partial charge in [-0.1, -0.05) is 53.7 Å². The highest BCUT2D eigenvalue weighted by Gasteiger charge is 2.31. The fourth-order valence-corrected chi connectivity index (χ4v) is 4.84. The monoisotopic (exact) mass is 450 g/mol. The largest absolute Gasteiger partial charge is 0.496 e. The van der Waals surface area contributed by atoms with Gasteiger partial charge in [0.2, 0.25) is 5.16 Å². The summed E-state index contributed by atoms with van der Waals surface area (Å²) in [5, 5.41) is 6.00. The van der Waals surface area contributed by atoms with Crippen molar-refractivity contribution in [2.45, 2.75) is 29.7 Å². The molecule has 0 aliphatic heterocycles. The van der Waals surface area contributed by atoms with Crippen LogP contribution in [0.5, 0.6) is 5.75 Å². The Kier molecular flexibility index (Phi) is 5.38. The number of carbonyl (C=O) groups is 1. The lowest BCUT2D eigenvalue weighted by atomic mass is 9.82. The van der Waals surface area contributed by atoms with Crippen LogP contribution >= 0.6 is 23.4 Å².